The molecule has 0 aliphatic rings. The van der Waals surface area contributed by atoms with Crippen LogP contribution in [-0.2, 0) is 16.0 Å². The molecule has 25 heavy (non-hydrogen) atoms. The Balaban J connectivity index is 1.95. The van der Waals surface area contributed by atoms with Crippen LogP contribution in [0.1, 0.15) is 5.56 Å². The van der Waals surface area contributed by atoms with E-state index in [1.807, 2.05) is 30.3 Å². The van der Waals surface area contributed by atoms with Crippen molar-refractivity contribution in [2.45, 2.75) is 12.5 Å². The summed E-state index contributed by atoms with van der Waals surface area (Å²) in [5.41, 5.74) is 8.99. The standard InChI is InChI=1S/C19H16Cl2N2O2/c1-25-19(24)15(22)10-11-5-7-16-12(9-11)6-8-17(23-16)18-13(20)3-2-4-14(18)21/h2-9,15H,10,22H2,1H3/t15-/m0/s1. The summed E-state index contributed by atoms with van der Waals surface area (Å²) in [6, 6.07) is 14.3. The van der Waals surface area contributed by atoms with Crippen LogP contribution < -0.4 is 5.73 Å². The number of fused-ring (bicyclic) bond motifs is 1. The van der Waals surface area contributed by atoms with Gasteiger partial charge in [0.2, 0.25) is 0 Å². The zero-order valence-electron chi connectivity index (χ0n) is 13.5. The Labute approximate surface area is 155 Å². The first kappa shape index (κ1) is 17.7. The van der Waals surface area contributed by atoms with Gasteiger partial charge >= 0.3 is 5.97 Å². The van der Waals surface area contributed by atoms with Crippen molar-refractivity contribution in [3.05, 3.63) is 64.1 Å². The topological polar surface area (TPSA) is 65.2 Å². The number of rotatable bonds is 4. The highest BCUT2D eigenvalue weighted by Gasteiger charge is 2.15. The van der Waals surface area contributed by atoms with Gasteiger partial charge in [-0.05, 0) is 42.3 Å². The van der Waals surface area contributed by atoms with Crippen LogP contribution in [0.4, 0.5) is 0 Å². The number of nitrogens with two attached hydrogens (primary N) is 1. The monoisotopic (exact) mass is 374 g/mol. The maximum Gasteiger partial charge on any atom is 0.322 e. The fraction of sp³-hybridized carbons (Fsp3) is 0.158. The number of carbonyl (C=O) groups is 1. The third-order valence-electron chi connectivity index (χ3n) is 3.93. The maximum absolute atomic E-state index is 11.5. The first-order valence-electron chi connectivity index (χ1n) is 7.67. The Kier molecular flexibility index (Phi) is 5.23. The smallest absolute Gasteiger partial charge is 0.322 e. The van der Waals surface area contributed by atoms with E-state index in [1.165, 1.54) is 7.11 Å². The number of aromatic nitrogens is 1. The van der Waals surface area contributed by atoms with Crippen molar-refractivity contribution >= 4 is 40.1 Å². The number of hydrogen-bond donors (Lipinski definition) is 1. The lowest BCUT2D eigenvalue weighted by molar-refractivity contribution is -0.142. The maximum atomic E-state index is 11.5. The normalized spacial score (nSPS) is 12.2. The summed E-state index contributed by atoms with van der Waals surface area (Å²) >= 11 is 12.5. The lowest BCUT2D eigenvalue weighted by Gasteiger charge is -2.11. The molecule has 0 fully saturated rings. The zero-order chi connectivity index (χ0) is 18.0. The Morgan fingerprint density at radius 1 is 1.16 bits per heavy atom. The predicted octanol–water partition coefficient (Wildman–Crippen LogP) is 4.25. The second-order valence-electron chi connectivity index (χ2n) is 5.65. The summed E-state index contributed by atoms with van der Waals surface area (Å²) in [6.07, 6.45) is 0.403. The molecule has 1 aromatic heterocycles. The van der Waals surface area contributed by atoms with E-state index in [0.717, 1.165) is 16.5 Å². The van der Waals surface area contributed by atoms with E-state index < -0.39 is 12.0 Å². The average molecular weight is 375 g/mol. The average Bonchev–Trinajstić information content (AvgIpc) is 2.60. The molecule has 2 aromatic carbocycles. The molecule has 2 N–H and O–H groups in total. The first-order valence-corrected chi connectivity index (χ1v) is 8.42. The van der Waals surface area contributed by atoms with Crippen LogP contribution in [0.15, 0.2) is 48.5 Å². The van der Waals surface area contributed by atoms with Crippen molar-refractivity contribution in [3.63, 3.8) is 0 Å². The molecule has 128 valence electrons. The number of nitrogens with zero attached hydrogens (tertiary/aromatic N) is 1. The molecule has 4 nitrogen and oxygen atoms in total. The summed E-state index contributed by atoms with van der Waals surface area (Å²) in [7, 11) is 1.33. The van der Waals surface area contributed by atoms with Crippen molar-refractivity contribution in [2.75, 3.05) is 7.11 Å². The number of carbonyl (C=O) groups excluding carboxylic acids is 1. The molecule has 0 saturated carbocycles. The van der Waals surface area contributed by atoms with Crippen LogP contribution in [0.5, 0.6) is 0 Å². The predicted molar refractivity (Wildman–Crippen MR) is 101 cm³/mol. The van der Waals surface area contributed by atoms with Crippen LogP contribution in [0.3, 0.4) is 0 Å². The summed E-state index contributed by atoms with van der Waals surface area (Å²) in [5.74, 6) is -0.429. The van der Waals surface area contributed by atoms with Crippen molar-refractivity contribution in [2.24, 2.45) is 5.73 Å². The summed E-state index contributed by atoms with van der Waals surface area (Å²) in [6.45, 7) is 0. The van der Waals surface area contributed by atoms with E-state index in [-0.39, 0.29) is 0 Å². The number of benzene rings is 2. The number of pyridine rings is 1. The van der Waals surface area contributed by atoms with Crippen molar-refractivity contribution in [1.29, 1.82) is 0 Å². The summed E-state index contributed by atoms with van der Waals surface area (Å²) in [5, 5.41) is 2.06. The molecule has 0 aliphatic carbocycles. The Hall–Kier alpha value is -2.14. The molecule has 0 spiro atoms. The molecular formula is C19H16Cl2N2O2. The number of hydrogen-bond acceptors (Lipinski definition) is 4. The van der Waals surface area contributed by atoms with Gasteiger partial charge in [-0.3, -0.25) is 4.79 Å². The summed E-state index contributed by atoms with van der Waals surface area (Å²) < 4.78 is 4.66. The van der Waals surface area contributed by atoms with Gasteiger partial charge in [0.15, 0.2) is 0 Å². The lowest BCUT2D eigenvalue weighted by Crippen LogP contribution is -2.33. The van der Waals surface area contributed by atoms with Gasteiger partial charge < -0.3 is 10.5 Å². The number of methoxy groups -OCH3 is 1. The van der Waals surface area contributed by atoms with Gasteiger partial charge in [0.05, 0.1) is 28.4 Å². The van der Waals surface area contributed by atoms with E-state index in [0.29, 0.717) is 27.7 Å². The SMILES string of the molecule is COC(=O)[C@@H](N)Cc1ccc2nc(-c3c(Cl)cccc3Cl)ccc2c1. The molecule has 0 amide bonds. The second-order valence-corrected chi connectivity index (χ2v) is 6.47. The van der Waals surface area contributed by atoms with Crippen molar-refractivity contribution < 1.29 is 9.53 Å². The molecule has 6 heteroatoms. The number of halogens is 2. The van der Waals surface area contributed by atoms with Gasteiger partial charge in [-0.2, -0.15) is 0 Å². The van der Waals surface area contributed by atoms with E-state index in [2.05, 4.69) is 9.72 Å². The Morgan fingerprint density at radius 3 is 2.56 bits per heavy atom. The highest BCUT2D eigenvalue weighted by Crippen LogP contribution is 2.34. The highest BCUT2D eigenvalue weighted by molar-refractivity contribution is 6.39. The zero-order valence-corrected chi connectivity index (χ0v) is 15.0. The molecule has 1 heterocycles. The van der Waals surface area contributed by atoms with Gasteiger partial charge in [-0.25, -0.2) is 4.98 Å². The fourth-order valence-corrected chi connectivity index (χ4v) is 3.26. The molecule has 3 rings (SSSR count). The van der Waals surface area contributed by atoms with Crippen LogP contribution in [0, 0.1) is 0 Å². The summed E-state index contributed by atoms with van der Waals surface area (Å²) in [4.78, 5) is 16.1. The van der Waals surface area contributed by atoms with Gasteiger partial charge in [0.25, 0.3) is 0 Å². The van der Waals surface area contributed by atoms with E-state index in [1.54, 1.807) is 18.2 Å². The van der Waals surface area contributed by atoms with Crippen LogP contribution in [-0.4, -0.2) is 24.1 Å². The molecule has 3 aromatic rings. The minimum atomic E-state index is -0.684. The fourth-order valence-electron chi connectivity index (χ4n) is 2.67. The molecule has 0 aliphatic heterocycles. The van der Waals surface area contributed by atoms with E-state index in [4.69, 9.17) is 28.9 Å². The quantitative estimate of drug-likeness (QED) is 0.693. The van der Waals surface area contributed by atoms with Gasteiger partial charge in [-0.1, -0.05) is 41.4 Å². The Bertz CT molecular complexity index is 924. The van der Waals surface area contributed by atoms with Crippen molar-refractivity contribution in [1.82, 2.24) is 4.98 Å². The van der Waals surface area contributed by atoms with Gasteiger partial charge in [0.1, 0.15) is 6.04 Å². The van der Waals surface area contributed by atoms with Gasteiger partial charge in [0, 0.05) is 10.9 Å². The Morgan fingerprint density at radius 2 is 1.88 bits per heavy atom. The van der Waals surface area contributed by atoms with E-state index in [9.17, 15) is 4.79 Å². The second kappa shape index (κ2) is 7.40. The van der Waals surface area contributed by atoms with E-state index >= 15 is 0 Å². The minimum Gasteiger partial charge on any atom is -0.468 e. The number of ether oxygens (including phenoxy) is 1. The number of esters is 1. The molecular weight excluding hydrogens is 359 g/mol. The highest BCUT2D eigenvalue weighted by atomic mass is 35.5. The largest absolute Gasteiger partial charge is 0.468 e. The van der Waals surface area contributed by atoms with Gasteiger partial charge in [-0.15, -0.1) is 0 Å². The van der Waals surface area contributed by atoms with Crippen LogP contribution in [0.2, 0.25) is 10.0 Å². The molecule has 0 unspecified atom stereocenters. The third kappa shape index (κ3) is 3.76. The molecule has 0 bridgehead atoms. The molecule has 1 atom stereocenters. The lowest BCUT2D eigenvalue weighted by atomic mass is 10.0. The first-order chi connectivity index (χ1) is 12.0. The van der Waals surface area contributed by atoms with Crippen LogP contribution in [0.25, 0.3) is 22.2 Å². The van der Waals surface area contributed by atoms with Crippen LogP contribution >= 0.6 is 23.2 Å². The minimum absolute atomic E-state index is 0.403. The molecule has 0 saturated heterocycles. The third-order valence-corrected chi connectivity index (χ3v) is 4.56. The molecule has 0 radical (unpaired) electrons. The van der Waals surface area contributed by atoms with Crippen molar-refractivity contribution in [3.8, 4) is 11.3 Å².